The third kappa shape index (κ3) is 2.10. The molecule has 0 saturated carbocycles. The third-order valence-electron chi connectivity index (χ3n) is 3.76. The van der Waals surface area contributed by atoms with Crippen molar-refractivity contribution in [3.05, 3.63) is 0 Å². The van der Waals surface area contributed by atoms with Crippen LogP contribution in [0.3, 0.4) is 0 Å². The molecule has 0 bridgehead atoms. The molecule has 1 atom stereocenters. The summed E-state index contributed by atoms with van der Waals surface area (Å²) >= 11 is 0. The van der Waals surface area contributed by atoms with Crippen LogP contribution in [0.15, 0.2) is 0 Å². The smallest absolute Gasteiger partial charge is 0.371 e. The summed E-state index contributed by atoms with van der Waals surface area (Å²) in [7, 11) is 0. The molecule has 0 N–H and O–H groups in total. The van der Waals surface area contributed by atoms with E-state index in [0.717, 1.165) is 43.8 Å². The fraction of sp³-hybridized carbons (Fsp3) is 0.818. The van der Waals surface area contributed by atoms with Gasteiger partial charge in [-0.05, 0) is 0 Å². The summed E-state index contributed by atoms with van der Waals surface area (Å²) in [5.41, 5.74) is 0. The van der Waals surface area contributed by atoms with Crippen molar-refractivity contribution in [2.75, 3.05) is 45.9 Å². The van der Waals surface area contributed by atoms with Crippen molar-refractivity contribution in [2.45, 2.75) is 12.5 Å². The van der Waals surface area contributed by atoms with Crippen molar-refractivity contribution in [1.29, 1.82) is 0 Å². The molecule has 0 aromatic heterocycles. The maximum Gasteiger partial charge on any atom is 0.371 e. The van der Waals surface area contributed by atoms with E-state index in [1.807, 2.05) is 0 Å². The number of hydrogen-bond donors (Lipinski definition) is 0. The number of ether oxygens (including phenoxy) is 1. The Morgan fingerprint density at radius 3 is 2.62 bits per heavy atom. The van der Waals surface area contributed by atoms with E-state index in [4.69, 9.17) is 4.74 Å². The first-order chi connectivity index (χ1) is 7.70. The van der Waals surface area contributed by atoms with Gasteiger partial charge in [0, 0.05) is 26.1 Å². The van der Waals surface area contributed by atoms with Crippen molar-refractivity contribution >= 4 is 11.8 Å². The van der Waals surface area contributed by atoms with Gasteiger partial charge in [-0.3, -0.25) is 9.28 Å². The normalized spacial score (nSPS) is 28.9. The Bertz CT molecular complexity index is 334. The van der Waals surface area contributed by atoms with E-state index in [9.17, 15) is 9.59 Å². The van der Waals surface area contributed by atoms with Crippen LogP contribution in [-0.4, -0.2) is 73.1 Å². The second-order valence-corrected chi connectivity index (χ2v) is 5.10. The lowest BCUT2D eigenvalue weighted by atomic mass is 10.3. The molecule has 5 heteroatoms. The summed E-state index contributed by atoms with van der Waals surface area (Å²) in [6.45, 7) is 6.17. The number of ketones is 1. The highest BCUT2D eigenvalue weighted by Gasteiger charge is 2.69. The molecule has 0 radical (unpaired) electrons. The van der Waals surface area contributed by atoms with Crippen LogP contribution in [0.5, 0.6) is 0 Å². The highest BCUT2D eigenvalue weighted by atomic mass is 16.5. The Morgan fingerprint density at radius 2 is 2.06 bits per heavy atom. The number of esters is 1. The van der Waals surface area contributed by atoms with Gasteiger partial charge >= 0.3 is 5.97 Å². The highest BCUT2D eigenvalue weighted by molar-refractivity contribution is 5.84. The van der Waals surface area contributed by atoms with E-state index < -0.39 is 0 Å². The average Bonchev–Trinajstić information content (AvgIpc) is 3.14. The first-order valence-corrected chi connectivity index (χ1v) is 5.96. The minimum Gasteiger partial charge on any atom is -0.453 e. The van der Waals surface area contributed by atoms with Gasteiger partial charge in [0.2, 0.25) is 6.04 Å². The standard InChI is InChI=1S/C11H17N2O3/c14-9(1-2-12-3-4-12)8-16-11(15)10-7-13(10)5-6-13/h10H,1-8H2/q+1. The molecule has 3 saturated heterocycles. The first kappa shape index (κ1) is 10.2. The van der Waals surface area contributed by atoms with Crippen LogP contribution in [-0.2, 0) is 14.3 Å². The van der Waals surface area contributed by atoms with Crippen LogP contribution >= 0.6 is 0 Å². The van der Waals surface area contributed by atoms with Gasteiger partial charge in [0.1, 0.15) is 26.2 Å². The summed E-state index contributed by atoms with van der Waals surface area (Å²) in [5, 5.41) is 0. The minimum atomic E-state index is -0.169. The summed E-state index contributed by atoms with van der Waals surface area (Å²) in [4.78, 5) is 25.1. The molecular formula is C11H17N2O3+. The summed E-state index contributed by atoms with van der Waals surface area (Å²) in [6, 6.07) is 0.0555. The number of Topliss-reactive ketones (excluding diaryl/α,β-unsaturated/α-hetero) is 1. The molecule has 0 aromatic carbocycles. The van der Waals surface area contributed by atoms with Crippen LogP contribution in [0.2, 0.25) is 0 Å². The topological polar surface area (TPSA) is 46.4 Å². The van der Waals surface area contributed by atoms with Gasteiger partial charge in [0.25, 0.3) is 0 Å². The lowest BCUT2D eigenvalue weighted by Gasteiger charge is -2.02. The summed E-state index contributed by atoms with van der Waals surface area (Å²) in [6.07, 6.45) is 0.512. The van der Waals surface area contributed by atoms with Crippen molar-refractivity contribution in [2.24, 2.45) is 0 Å². The van der Waals surface area contributed by atoms with Crippen LogP contribution in [0.25, 0.3) is 0 Å². The van der Waals surface area contributed by atoms with Gasteiger partial charge in [-0.1, -0.05) is 0 Å². The Hall–Kier alpha value is -0.940. The molecule has 0 amide bonds. The number of carbonyl (C=O) groups excluding carboxylic acids is 2. The van der Waals surface area contributed by atoms with Crippen LogP contribution in [0.4, 0.5) is 0 Å². The van der Waals surface area contributed by atoms with E-state index in [1.54, 1.807) is 0 Å². The monoisotopic (exact) mass is 225 g/mol. The zero-order valence-electron chi connectivity index (χ0n) is 9.35. The largest absolute Gasteiger partial charge is 0.453 e. The van der Waals surface area contributed by atoms with Gasteiger partial charge in [-0.2, -0.15) is 0 Å². The predicted molar refractivity (Wildman–Crippen MR) is 55.7 cm³/mol. The molecule has 3 fully saturated rings. The summed E-state index contributed by atoms with van der Waals surface area (Å²) in [5.74, 6) is -0.129. The van der Waals surface area contributed by atoms with Crippen LogP contribution in [0, 0.1) is 0 Å². The lowest BCUT2D eigenvalue weighted by Crippen LogP contribution is -2.22. The molecule has 1 spiro atoms. The van der Waals surface area contributed by atoms with Crippen LogP contribution in [0.1, 0.15) is 6.42 Å². The molecule has 3 aliphatic heterocycles. The van der Waals surface area contributed by atoms with Gasteiger partial charge < -0.3 is 9.64 Å². The van der Waals surface area contributed by atoms with Crippen molar-refractivity contribution in [3.8, 4) is 0 Å². The van der Waals surface area contributed by atoms with E-state index >= 15 is 0 Å². The molecule has 88 valence electrons. The predicted octanol–water partition coefficient (Wildman–Crippen LogP) is -0.983. The van der Waals surface area contributed by atoms with E-state index in [-0.39, 0.29) is 24.4 Å². The van der Waals surface area contributed by atoms with E-state index in [1.165, 1.54) is 0 Å². The Kier molecular flexibility index (Phi) is 2.26. The van der Waals surface area contributed by atoms with Crippen molar-refractivity contribution < 1.29 is 18.8 Å². The molecule has 0 aromatic rings. The van der Waals surface area contributed by atoms with Gasteiger partial charge in [0.05, 0.1) is 0 Å². The fourth-order valence-corrected chi connectivity index (χ4v) is 2.12. The second-order valence-electron chi connectivity index (χ2n) is 5.10. The zero-order valence-corrected chi connectivity index (χ0v) is 9.35. The fourth-order valence-electron chi connectivity index (χ4n) is 2.12. The SMILES string of the molecule is O=C(CCN1CC1)COC(=O)C1C[N+]12CC2. The Morgan fingerprint density at radius 1 is 1.31 bits per heavy atom. The molecule has 0 aliphatic carbocycles. The molecular weight excluding hydrogens is 208 g/mol. The maximum absolute atomic E-state index is 11.5. The van der Waals surface area contributed by atoms with Crippen molar-refractivity contribution in [3.63, 3.8) is 0 Å². The van der Waals surface area contributed by atoms with Crippen molar-refractivity contribution in [1.82, 2.24) is 4.90 Å². The van der Waals surface area contributed by atoms with Gasteiger partial charge in [0.15, 0.2) is 5.78 Å². The van der Waals surface area contributed by atoms with E-state index in [2.05, 4.69) is 4.90 Å². The summed E-state index contributed by atoms with van der Waals surface area (Å²) < 4.78 is 5.96. The Balaban J connectivity index is 1.32. The quantitative estimate of drug-likeness (QED) is 0.331. The lowest BCUT2D eigenvalue weighted by molar-refractivity contribution is -0.660. The number of hydrogen-bond acceptors (Lipinski definition) is 4. The maximum atomic E-state index is 11.5. The zero-order chi connectivity index (χ0) is 11.2. The number of carbonyl (C=O) groups is 2. The molecule has 5 nitrogen and oxygen atoms in total. The van der Waals surface area contributed by atoms with Gasteiger partial charge in [-0.15, -0.1) is 0 Å². The van der Waals surface area contributed by atoms with Gasteiger partial charge in [-0.25, -0.2) is 4.79 Å². The molecule has 3 aliphatic rings. The second kappa shape index (κ2) is 3.53. The average molecular weight is 225 g/mol. The Labute approximate surface area is 94.5 Å². The molecule has 3 heterocycles. The first-order valence-electron chi connectivity index (χ1n) is 5.96. The number of quaternary nitrogens is 1. The molecule has 3 rings (SSSR count). The number of rotatable bonds is 6. The van der Waals surface area contributed by atoms with E-state index in [0.29, 0.717) is 6.42 Å². The molecule has 16 heavy (non-hydrogen) atoms. The third-order valence-corrected chi connectivity index (χ3v) is 3.76. The van der Waals surface area contributed by atoms with Crippen LogP contribution < -0.4 is 0 Å². The number of nitrogens with zero attached hydrogens (tertiary/aromatic N) is 2. The minimum absolute atomic E-state index is 0.0246. The molecule has 1 unspecified atom stereocenters. The highest BCUT2D eigenvalue weighted by Crippen LogP contribution is 2.41.